The molecule has 1 rings (SSSR count). The van der Waals surface area contributed by atoms with Gasteiger partial charge in [-0.15, -0.1) is 0 Å². The molecule has 1 N–H and O–H groups in total. The van der Waals surface area contributed by atoms with Crippen molar-refractivity contribution < 1.29 is 4.74 Å². The molecule has 1 heterocycles. The molecule has 0 saturated carbocycles. The van der Waals surface area contributed by atoms with E-state index in [1.54, 1.807) is 0 Å². The number of rotatable bonds is 4. The Morgan fingerprint density at radius 1 is 1.35 bits per heavy atom. The molecule has 0 aromatic rings. The highest BCUT2D eigenvalue weighted by atomic mass is 16.5. The van der Waals surface area contributed by atoms with Crippen LogP contribution in [0.5, 0.6) is 0 Å². The summed E-state index contributed by atoms with van der Waals surface area (Å²) in [6.07, 6.45) is 5.48. The Morgan fingerprint density at radius 3 is 2.41 bits per heavy atom. The number of hydrogen-bond acceptors (Lipinski definition) is 2. The molecule has 17 heavy (non-hydrogen) atoms. The Kier molecular flexibility index (Phi) is 5.21. The van der Waals surface area contributed by atoms with Gasteiger partial charge in [0.2, 0.25) is 0 Å². The summed E-state index contributed by atoms with van der Waals surface area (Å²) >= 11 is 0. The monoisotopic (exact) mass is 239 g/mol. The third-order valence-corrected chi connectivity index (χ3v) is 3.23. The van der Waals surface area contributed by atoms with Gasteiger partial charge in [-0.2, -0.15) is 0 Å². The molecular weight excluding hydrogens is 210 g/mol. The molecule has 0 spiro atoms. The summed E-state index contributed by atoms with van der Waals surface area (Å²) in [5, 5.41) is 3.56. The molecule has 0 radical (unpaired) electrons. The van der Waals surface area contributed by atoms with Crippen molar-refractivity contribution in [3.05, 3.63) is 11.6 Å². The Balaban J connectivity index is 2.56. The van der Waals surface area contributed by atoms with Crippen LogP contribution in [0.3, 0.4) is 0 Å². The average molecular weight is 239 g/mol. The van der Waals surface area contributed by atoms with E-state index >= 15 is 0 Å². The first kappa shape index (κ1) is 14.7. The third kappa shape index (κ3) is 5.69. The molecular formula is C15H29NO. The van der Waals surface area contributed by atoms with Crippen molar-refractivity contribution in [2.24, 2.45) is 5.92 Å². The van der Waals surface area contributed by atoms with Crippen LogP contribution < -0.4 is 5.32 Å². The Bertz CT molecular complexity index is 263. The molecule has 0 bridgehead atoms. The van der Waals surface area contributed by atoms with Gasteiger partial charge in [0.25, 0.3) is 0 Å². The van der Waals surface area contributed by atoms with Gasteiger partial charge in [-0.05, 0) is 46.5 Å². The quantitative estimate of drug-likeness (QED) is 0.758. The highest BCUT2D eigenvalue weighted by Gasteiger charge is 2.21. The number of nitrogens with one attached hydrogen (secondary N) is 1. The lowest BCUT2D eigenvalue weighted by Crippen LogP contribution is -2.37. The molecule has 1 fully saturated rings. The van der Waals surface area contributed by atoms with Crippen LogP contribution in [0.25, 0.3) is 0 Å². The van der Waals surface area contributed by atoms with Crippen LogP contribution in [-0.2, 0) is 4.74 Å². The molecule has 1 aliphatic rings. The lowest BCUT2D eigenvalue weighted by atomic mass is 9.99. The van der Waals surface area contributed by atoms with Crippen LogP contribution in [0.4, 0.5) is 0 Å². The van der Waals surface area contributed by atoms with E-state index in [0.29, 0.717) is 18.1 Å². The van der Waals surface area contributed by atoms with E-state index in [4.69, 9.17) is 4.74 Å². The van der Waals surface area contributed by atoms with Gasteiger partial charge >= 0.3 is 0 Å². The molecule has 2 atom stereocenters. The molecule has 2 heteroatoms. The first-order valence-corrected chi connectivity index (χ1v) is 6.89. The van der Waals surface area contributed by atoms with Crippen molar-refractivity contribution in [1.82, 2.24) is 5.32 Å². The Hall–Kier alpha value is -0.340. The van der Waals surface area contributed by atoms with Crippen LogP contribution in [0, 0.1) is 5.92 Å². The maximum absolute atomic E-state index is 5.87. The van der Waals surface area contributed by atoms with Gasteiger partial charge in [0.05, 0.1) is 12.2 Å². The minimum atomic E-state index is 0.178. The third-order valence-electron chi connectivity index (χ3n) is 3.23. The van der Waals surface area contributed by atoms with E-state index in [1.165, 1.54) is 18.4 Å². The van der Waals surface area contributed by atoms with Gasteiger partial charge in [0.15, 0.2) is 0 Å². The summed E-state index contributed by atoms with van der Waals surface area (Å²) in [5.74, 6) is 0.587. The fraction of sp³-hybridized carbons (Fsp3) is 0.867. The van der Waals surface area contributed by atoms with E-state index in [-0.39, 0.29) is 5.54 Å². The smallest absolute Gasteiger partial charge is 0.0763 e. The summed E-state index contributed by atoms with van der Waals surface area (Å²) in [5.41, 5.74) is 1.65. The predicted octanol–water partition coefficient (Wildman–Crippen LogP) is 3.52. The van der Waals surface area contributed by atoms with E-state index in [0.717, 1.165) is 6.54 Å². The molecule has 1 saturated heterocycles. The van der Waals surface area contributed by atoms with Gasteiger partial charge in [-0.1, -0.05) is 25.5 Å². The minimum Gasteiger partial charge on any atom is -0.371 e. The standard InChI is InChI=1S/C15H29NO/c1-11(2)13(10-16-15(4,5)6)9-14-8-7-12(3)17-14/h9,11-12,14,16H,7-8,10H2,1-6H3/b13-9-. The van der Waals surface area contributed by atoms with Crippen LogP contribution in [0.1, 0.15) is 54.4 Å². The molecule has 0 aromatic carbocycles. The van der Waals surface area contributed by atoms with Crippen molar-refractivity contribution in [3.8, 4) is 0 Å². The van der Waals surface area contributed by atoms with Gasteiger partial charge in [0, 0.05) is 12.1 Å². The topological polar surface area (TPSA) is 21.3 Å². The predicted molar refractivity (Wildman–Crippen MR) is 74.2 cm³/mol. The van der Waals surface area contributed by atoms with Gasteiger partial charge in [0.1, 0.15) is 0 Å². The summed E-state index contributed by atoms with van der Waals surface area (Å²) in [4.78, 5) is 0. The van der Waals surface area contributed by atoms with E-state index in [1.807, 2.05) is 0 Å². The zero-order chi connectivity index (χ0) is 13.1. The highest BCUT2D eigenvalue weighted by molar-refractivity contribution is 5.11. The molecule has 0 amide bonds. The normalized spacial score (nSPS) is 26.9. The van der Waals surface area contributed by atoms with E-state index in [2.05, 4.69) is 52.9 Å². The molecule has 2 nitrogen and oxygen atoms in total. The van der Waals surface area contributed by atoms with Crippen LogP contribution >= 0.6 is 0 Å². The van der Waals surface area contributed by atoms with Crippen molar-refractivity contribution in [2.75, 3.05) is 6.54 Å². The fourth-order valence-corrected chi connectivity index (χ4v) is 2.02. The summed E-state index contributed by atoms with van der Waals surface area (Å²) in [6, 6.07) is 0. The van der Waals surface area contributed by atoms with E-state index in [9.17, 15) is 0 Å². The minimum absolute atomic E-state index is 0.178. The number of ether oxygens (including phenoxy) is 1. The van der Waals surface area contributed by atoms with Gasteiger partial charge < -0.3 is 10.1 Å². The van der Waals surface area contributed by atoms with Crippen LogP contribution in [0.15, 0.2) is 11.6 Å². The fourth-order valence-electron chi connectivity index (χ4n) is 2.02. The molecule has 0 aromatic heterocycles. The first-order valence-electron chi connectivity index (χ1n) is 6.89. The number of hydrogen-bond donors (Lipinski definition) is 1. The van der Waals surface area contributed by atoms with E-state index < -0.39 is 0 Å². The lowest BCUT2D eigenvalue weighted by molar-refractivity contribution is 0.0825. The summed E-state index contributed by atoms with van der Waals surface area (Å²) < 4.78 is 5.87. The van der Waals surface area contributed by atoms with Crippen LogP contribution in [0.2, 0.25) is 0 Å². The highest BCUT2D eigenvalue weighted by Crippen LogP contribution is 2.23. The van der Waals surface area contributed by atoms with Crippen molar-refractivity contribution in [3.63, 3.8) is 0 Å². The zero-order valence-electron chi connectivity index (χ0n) is 12.3. The van der Waals surface area contributed by atoms with Crippen molar-refractivity contribution in [1.29, 1.82) is 0 Å². The van der Waals surface area contributed by atoms with Crippen molar-refractivity contribution in [2.45, 2.75) is 72.1 Å². The second-order valence-electron chi connectivity index (χ2n) is 6.56. The molecule has 100 valence electrons. The average Bonchev–Trinajstić information content (AvgIpc) is 2.56. The maximum atomic E-state index is 5.87. The zero-order valence-corrected chi connectivity index (χ0v) is 12.3. The Morgan fingerprint density at radius 2 is 2.00 bits per heavy atom. The maximum Gasteiger partial charge on any atom is 0.0763 e. The Labute approximate surface area is 107 Å². The first-order chi connectivity index (χ1) is 7.78. The lowest BCUT2D eigenvalue weighted by Gasteiger charge is -2.24. The summed E-state index contributed by atoms with van der Waals surface area (Å²) in [6.45, 7) is 14.3. The second kappa shape index (κ2) is 6.01. The molecule has 2 unspecified atom stereocenters. The van der Waals surface area contributed by atoms with Crippen LogP contribution in [-0.4, -0.2) is 24.3 Å². The van der Waals surface area contributed by atoms with Crippen molar-refractivity contribution >= 4 is 0 Å². The molecule has 0 aliphatic carbocycles. The SMILES string of the molecule is CC1CCC(/C=C(/CNC(C)(C)C)C(C)C)O1. The van der Waals surface area contributed by atoms with Gasteiger partial charge in [-0.25, -0.2) is 0 Å². The summed E-state index contributed by atoms with van der Waals surface area (Å²) in [7, 11) is 0. The molecule has 1 aliphatic heterocycles. The van der Waals surface area contributed by atoms with Gasteiger partial charge in [-0.3, -0.25) is 0 Å². The largest absolute Gasteiger partial charge is 0.371 e. The second-order valence-corrected chi connectivity index (χ2v) is 6.56.